The van der Waals surface area contributed by atoms with Gasteiger partial charge in [0, 0.05) is 0 Å². The molecule has 3 nitrogen and oxygen atoms in total. The zero-order chi connectivity index (χ0) is 12.7. The standard InChI is InChI=1S/C14H19NO2/c1-4-5-12(15)7-6-11-10-13(16-2)8-9-14(11)17-3/h8-10,12H,4-5,15H2,1-3H3. The van der Waals surface area contributed by atoms with Crippen molar-refractivity contribution in [2.75, 3.05) is 14.2 Å². The van der Waals surface area contributed by atoms with Crippen molar-refractivity contribution >= 4 is 0 Å². The molecular formula is C14H19NO2. The molecule has 0 fully saturated rings. The number of hydrogen-bond acceptors (Lipinski definition) is 3. The van der Waals surface area contributed by atoms with E-state index in [-0.39, 0.29) is 6.04 Å². The van der Waals surface area contributed by atoms with Crippen LogP contribution in [0, 0.1) is 11.8 Å². The van der Waals surface area contributed by atoms with E-state index in [1.807, 2.05) is 18.2 Å². The summed E-state index contributed by atoms with van der Waals surface area (Å²) in [6.07, 6.45) is 1.93. The maximum absolute atomic E-state index is 5.85. The first-order valence-corrected chi connectivity index (χ1v) is 5.70. The van der Waals surface area contributed by atoms with Gasteiger partial charge in [0.2, 0.25) is 0 Å². The Morgan fingerprint density at radius 1 is 1.29 bits per heavy atom. The molecule has 0 heterocycles. The van der Waals surface area contributed by atoms with Crippen LogP contribution in [0.5, 0.6) is 11.5 Å². The average molecular weight is 233 g/mol. The van der Waals surface area contributed by atoms with Crippen LogP contribution in [0.2, 0.25) is 0 Å². The molecule has 0 radical (unpaired) electrons. The molecule has 0 saturated heterocycles. The van der Waals surface area contributed by atoms with E-state index in [1.165, 1.54) is 0 Å². The van der Waals surface area contributed by atoms with Crippen molar-refractivity contribution in [3.05, 3.63) is 23.8 Å². The fourth-order valence-corrected chi connectivity index (χ4v) is 1.47. The molecule has 1 aromatic rings. The maximum Gasteiger partial charge on any atom is 0.134 e. The molecule has 0 aliphatic carbocycles. The lowest BCUT2D eigenvalue weighted by atomic mass is 10.1. The fraction of sp³-hybridized carbons (Fsp3) is 0.429. The van der Waals surface area contributed by atoms with Gasteiger partial charge >= 0.3 is 0 Å². The van der Waals surface area contributed by atoms with E-state index in [0.29, 0.717) is 0 Å². The normalized spacial score (nSPS) is 11.3. The summed E-state index contributed by atoms with van der Waals surface area (Å²) in [5, 5.41) is 0. The molecule has 1 atom stereocenters. The van der Waals surface area contributed by atoms with Gasteiger partial charge in [0.15, 0.2) is 0 Å². The Balaban J connectivity index is 2.94. The summed E-state index contributed by atoms with van der Waals surface area (Å²) in [7, 11) is 3.25. The molecule has 92 valence electrons. The third-order valence-electron chi connectivity index (χ3n) is 2.40. The predicted octanol–water partition coefficient (Wildman–Crippen LogP) is 2.18. The van der Waals surface area contributed by atoms with Crippen molar-refractivity contribution in [1.29, 1.82) is 0 Å². The van der Waals surface area contributed by atoms with Crippen molar-refractivity contribution in [3.63, 3.8) is 0 Å². The molecule has 0 amide bonds. The van der Waals surface area contributed by atoms with Crippen molar-refractivity contribution in [3.8, 4) is 23.3 Å². The van der Waals surface area contributed by atoms with Gasteiger partial charge in [-0.1, -0.05) is 25.2 Å². The molecule has 0 aliphatic rings. The van der Waals surface area contributed by atoms with Gasteiger partial charge < -0.3 is 15.2 Å². The Morgan fingerprint density at radius 3 is 2.65 bits per heavy atom. The Kier molecular flexibility index (Phi) is 5.38. The minimum absolute atomic E-state index is 0.0871. The highest BCUT2D eigenvalue weighted by Crippen LogP contribution is 2.22. The third kappa shape index (κ3) is 4.01. The second-order valence-corrected chi connectivity index (χ2v) is 3.73. The van der Waals surface area contributed by atoms with E-state index < -0.39 is 0 Å². The number of rotatable bonds is 4. The molecule has 0 spiro atoms. The first-order valence-electron chi connectivity index (χ1n) is 5.70. The molecule has 0 aliphatic heterocycles. The molecule has 17 heavy (non-hydrogen) atoms. The SMILES string of the molecule is CCCC(N)C#Cc1cc(OC)ccc1OC. The topological polar surface area (TPSA) is 44.5 Å². The maximum atomic E-state index is 5.85. The van der Waals surface area contributed by atoms with Gasteiger partial charge in [0.25, 0.3) is 0 Å². The van der Waals surface area contributed by atoms with Gasteiger partial charge in [-0.25, -0.2) is 0 Å². The van der Waals surface area contributed by atoms with Gasteiger partial charge in [-0.3, -0.25) is 0 Å². The van der Waals surface area contributed by atoms with Crippen LogP contribution in [-0.2, 0) is 0 Å². The fourth-order valence-electron chi connectivity index (χ4n) is 1.47. The molecule has 0 aromatic heterocycles. The number of benzene rings is 1. The van der Waals surface area contributed by atoms with Gasteiger partial charge in [-0.05, 0) is 24.6 Å². The number of nitrogens with two attached hydrogens (primary N) is 1. The van der Waals surface area contributed by atoms with Crippen molar-refractivity contribution in [2.45, 2.75) is 25.8 Å². The minimum atomic E-state index is -0.0871. The monoisotopic (exact) mass is 233 g/mol. The third-order valence-corrected chi connectivity index (χ3v) is 2.40. The zero-order valence-corrected chi connectivity index (χ0v) is 10.6. The van der Waals surface area contributed by atoms with E-state index in [2.05, 4.69) is 18.8 Å². The molecule has 1 unspecified atom stereocenters. The molecular weight excluding hydrogens is 214 g/mol. The number of hydrogen-bond donors (Lipinski definition) is 1. The highest BCUT2D eigenvalue weighted by Gasteiger charge is 2.02. The molecule has 3 heteroatoms. The van der Waals surface area contributed by atoms with Crippen LogP contribution in [0.15, 0.2) is 18.2 Å². The summed E-state index contributed by atoms with van der Waals surface area (Å²) in [4.78, 5) is 0. The first kappa shape index (κ1) is 13.4. The molecule has 0 bridgehead atoms. The first-order chi connectivity index (χ1) is 8.21. The van der Waals surface area contributed by atoms with Crippen LogP contribution in [0.4, 0.5) is 0 Å². The van der Waals surface area contributed by atoms with Gasteiger partial charge in [0.05, 0.1) is 25.8 Å². The zero-order valence-electron chi connectivity index (χ0n) is 10.6. The lowest BCUT2D eigenvalue weighted by Gasteiger charge is -2.06. The van der Waals surface area contributed by atoms with Crippen LogP contribution in [-0.4, -0.2) is 20.3 Å². The molecule has 0 saturated carbocycles. The molecule has 1 aromatic carbocycles. The Morgan fingerprint density at radius 2 is 2.06 bits per heavy atom. The van der Waals surface area contributed by atoms with Crippen LogP contribution in [0.1, 0.15) is 25.3 Å². The van der Waals surface area contributed by atoms with Crippen LogP contribution < -0.4 is 15.2 Å². The van der Waals surface area contributed by atoms with E-state index in [9.17, 15) is 0 Å². The Bertz CT molecular complexity index is 418. The quantitative estimate of drug-likeness (QED) is 0.811. The lowest BCUT2D eigenvalue weighted by molar-refractivity contribution is 0.402. The van der Waals surface area contributed by atoms with E-state index in [4.69, 9.17) is 15.2 Å². The van der Waals surface area contributed by atoms with Crippen molar-refractivity contribution < 1.29 is 9.47 Å². The van der Waals surface area contributed by atoms with Crippen molar-refractivity contribution in [2.24, 2.45) is 5.73 Å². The highest BCUT2D eigenvalue weighted by molar-refractivity contribution is 5.50. The Labute approximate surface area is 103 Å². The van der Waals surface area contributed by atoms with Gasteiger partial charge in [-0.15, -0.1) is 0 Å². The van der Waals surface area contributed by atoms with E-state index in [0.717, 1.165) is 29.9 Å². The lowest BCUT2D eigenvalue weighted by Crippen LogP contribution is -2.16. The van der Waals surface area contributed by atoms with Gasteiger partial charge in [-0.2, -0.15) is 0 Å². The van der Waals surface area contributed by atoms with E-state index in [1.54, 1.807) is 14.2 Å². The largest absolute Gasteiger partial charge is 0.497 e. The van der Waals surface area contributed by atoms with Crippen molar-refractivity contribution in [1.82, 2.24) is 0 Å². The van der Waals surface area contributed by atoms with E-state index >= 15 is 0 Å². The predicted molar refractivity (Wildman–Crippen MR) is 69.3 cm³/mol. The summed E-state index contributed by atoms with van der Waals surface area (Å²) in [6, 6.07) is 5.45. The van der Waals surface area contributed by atoms with Crippen LogP contribution >= 0.6 is 0 Å². The summed E-state index contributed by atoms with van der Waals surface area (Å²) < 4.78 is 10.4. The Hall–Kier alpha value is -1.66. The average Bonchev–Trinajstić information content (AvgIpc) is 2.36. The summed E-state index contributed by atoms with van der Waals surface area (Å²) >= 11 is 0. The molecule has 2 N–H and O–H groups in total. The van der Waals surface area contributed by atoms with Gasteiger partial charge in [0.1, 0.15) is 11.5 Å². The second kappa shape index (κ2) is 6.82. The minimum Gasteiger partial charge on any atom is -0.497 e. The summed E-state index contributed by atoms with van der Waals surface area (Å²) in [5.74, 6) is 7.56. The van der Waals surface area contributed by atoms with Crippen LogP contribution in [0.3, 0.4) is 0 Å². The summed E-state index contributed by atoms with van der Waals surface area (Å²) in [6.45, 7) is 2.09. The second-order valence-electron chi connectivity index (χ2n) is 3.73. The van der Waals surface area contributed by atoms with Crippen LogP contribution in [0.25, 0.3) is 0 Å². The highest BCUT2D eigenvalue weighted by atomic mass is 16.5. The number of methoxy groups -OCH3 is 2. The summed E-state index contributed by atoms with van der Waals surface area (Å²) in [5.41, 5.74) is 6.65. The smallest absolute Gasteiger partial charge is 0.134 e. The molecule has 1 rings (SSSR count). The number of ether oxygens (including phenoxy) is 2.